The fourth-order valence-electron chi connectivity index (χ4n) is 3.00. The minimum Gasteiger partial charge on any atom is -0.367 e. The maximum absolute atomic E-state index is 4.47. The molecule has 1 aliphatic carbocycles. The van der Waals surface area contributed by atoms with E-state index in [4.69, 9.17) is 0 Å². The summed E-state index contributed by atoms with van der Waals surface area (Å²) < 4.78 is 0. The Kier molecular flexibility index (Phi) is 3.74. The summed E-state index contributed by atoms with van der Waals surface area (Å²) in [4.78, 5) is 8.90. The molecule has 0 amide bonds. The maximum Gasteiger partial charge on any atom is 0.133 e. The minimum absolute atomic E-state index is 0.570. The fourth-order valence-corrected chi connectivity index (χ4v) is 3.00. The molecule has 0 spiro atoms. The lowest BCUT2D eigenvalue weighted by atomic mass is 9.96. The Morgan fingerprint density at radius 2 is 2.00 bits per heavy atom. The highest BCUT2D eigenvalue weighted by atomic mass is 15.0. The molecule has 0 radical (unpaired) electrons. The Morgan fingerprint density at radius 1 is 1.06 bits per heavy atom. The first-order valence-electron chi connectivity index (χ1n) is 7.23. The zero-order chi connectivity index (χ0) is 12.2. The first-order chi connectivity index (χ1) is 8.93. The van der Waals surface area contributed by atoms with Gasteiger partial charge in [0, 0.05) is 17.3 Å². The topological polar surface area (TPSA) is 49.8 Å². The molecule has 2 heterocycles. The monoisotopic (exact) mass is 246 g/mol. The van der Waals surface area contributed by atoms with Crippen molar-refractivity contribution in [2.45, 2.75) is 51.0 Å². The molecule has 1 atom stereocenters. The molecule has 1 aromatic heterocycles. The van der Waals surface area contributed by atoms with E-state index in [0.717, 1.165) is 31.7 Å². The molecule has 1 aromatic rings. The van der Waals surface area contributed by atoms with Crippen molar-refractivity contribution < 1.29 is 0 Å². The van der Waals surface area contributed by atoms with Gasteiger partial charge in [-0.3, -0.25) is 0 Å². The smallest absolute Gasteiger partial charge is 0.133 e. The number of aromatic nitrogens is 2. The van der Waals surface area contributed by atoms with Crippen LogP contribution in [0.25, 0.3) is 0 Å². The van der Waals surface area contributed by atoms with Gasteiger partial charge in [-0.1, -0.05) is 0 Å². The van der Waals surface area contributed by atoms with Crippen LogP contribution in [0, 0.1) is 0 Å². The van der Waals surface area contributed by atoms with Gasteiger partial charge in [0.15, 0.2) is 0 Å². The maximum atomic E-state index is 4.47. The lowest BCUT2D eigenvalue weighted by Gasteiger charge is -2.22. The second kappa shape index (κ2) is 5.65. The summed E-state index contributed by atoms with van der Waals surface area (Å²) in [6, 6.07) is 0.570. The number of fused-ring (bicyclic) bond motifs is 1. The largest absolute Gasteiger partial charge is 0.367 e. The van der Waals surface area contributed by atoms with Gasteiger partial charge in [0.25, 0.3) is 0 Å². The number of anilines is 1. The third kappa shape index (κ3) is 2.64. The Bertz CT molecular complexity index is 397. The first-order valence-corrected chi connectivity index (χ1v) is 7.23. The number of rotatable bonds is 2. The number of hydrogen-bond acceptors (Lipinski definition) is 4. The van der Waals surface area contributed by atoms with Crippen molar-refractivity contribution in [3.8, 4) is 0 Å². The van der Waals surface area contributed by atoms with Crippen molar-refractivity contribution >= 4 is 5.82 Å². The number of nitrogens with zero attached hydrogens (tertiary/aromatic N) is 2. The van der Waals surface area contributed by atoms with Crippen LogP contribution in [-0.2, 0) is 12.8 Å². The zero-order valence-electron chi connectivity index (χ0n) is 10.9. The summed E-state index contributed by atoms with van der Waals surface area (Å²) in [5.74, 6) is 1.10. The van der Waals surface area contributed by atoms with E-state index in [0.29, 0.717) is 6.04 Å². The van der Waals surface area contributed by atoms with E-state index in [1.54, 1.807) is 6.33 Å². The standard InChI is InChI=1S/C14H22N4/c1-2-6-13-12(5-1)14(17-10-16-13)18-11-4-3-8-15-9-7-11/h10-11,15H,1-9H2,(H,16,17,18). The third-order valence-electron chi connectivity index (χ3n) is 4.04. The molecule has 1 fully saturated rings. The molecule has 2 aliphatic rings. The molecule has 0 aromatic carbocycles. The Morgan fingerprint density at radius 3 is 3.00 bits per heavy atom. The van der Waals surface area contributed by atoms with Crippen molar-refractivity contribution in [1.82, 2.24) is 15.3 Å². The summed E-state index contributed by atoms with van der Waals surface area (Å²) in [6.45, 7) is 2.27. The van der Waals surface area contributed by atoms with Crippen molar-refractivity contribution in [2.75, 3.05) is 18.4 Å². The van der Waals surface area contributed by atoms with Gasteiger partial charge in [0.2, 0.25) is 0 Å². The Labute approximate surface area is 109 Å². The molecule has 0 bridgehead atoms. The average molecular weight is 246 g/mol. The van der Waals surface area contributed by atoms with Crippen LogP contribution in [0.3, 0.4) is 0 Å². The van der Waals surface area contributed by atoms with Gasteiger partial charge < -0.3 is 10.6 Å². The summed E-state index contributed by atoms with van der Waals surface area (Å²) >= 11 is 0. The molecule has 98 valence electrons. The van der Waals surface area contributed by atoms with Crippen LogP contribution in [0.2, 0.25) is 0 Å². The van der Waals surface area contributed by atoms with Crippen LogP contribution in [0.15, 0.2) is 6.33 Å². The van der Waals surface area contributed by atoms with Crippen LogP contribution in [-0.4, -0.2) is 29.1 Å². The van der Waals surface area contributed by atoms with Crippen LogP contribution >= 0.6 is 0 Å². The van der Waals surface area contributed by atoms with Gasteiger partial charge in [0.05, 0.1) is 0 Å². The lowest BCUT2D eigenvalue weighted by Crippen LogP contribution is -2.24. The van der Waals surface area contributed by atoms with Crippen LogP contribution in [0.1, 0.15) is 43.4 Å². The molecule has 0 saturated carbocycles. The van der Waals surface area contributed by atoms with Gasteiger partial charge in [-0.2, -0.15) is 0 Å². The van der Waals surface area contributed by atoms with Gasteiger partial charge >= 0.3 is 0 Å². The summed E-state index contributed by atoms with van der Waals surface area (Å²) in [5.41, 5.74) is 2.64. The van der Waals surface area contributed by atoms with E-state index in [1.807, 2.05) is 0 Å². The fraction of sp³-hybridized carbons (Fsp3) is 0.714. The molecular formula is C14H22N4. The molecular weight excluding hydrogens is 224 g/mol. The highest BCUT2D eigenvalue weighted by molar-refractivity contribution is 5.47. The highest BCUT2D eigenvalue weighted by Gasteiger charge is 2.18. The highest BCUT2D eigenvalue weighted by Crippen LogP contribution is 2.25. The van der Waals surface area contributed by atoms with Crippen LogP contribution in [0.5, 0.6) is 0 Å². The van der Waals surface area contributed by atoms with E-state index >= 15 is 0 Å². The van der Waals surface area contributed by atoms with Crippen LogP contribution in [0.4, 0.5) is 5.82 Å². The predicted octanol–water partition coefficient (Wildman–Crippen LogP) is 1.91. The van der Waals surface area contributed by atoms with Gasteiger partial charge in [0.1, 0.15) is 12.1 Å². The first kappa shape index (κ1) is 11.9. The van der Waals surface area contributed by atoms with E-state index < -0.39 is 0 Å². The third-order valence-corrected chi connectivity index (χ3v) is 4.04. The Balaban J connectivity index is 1.75. The van der Waals surface area contributed by atoms with Crippen molar-refractivity contribution in [3.63, 3.8) is 0 Å². The van der Waals surface area contributed by atoms with E-state index in [-0.39, 0.29) is 0 Å². The second-order valence-corrected chi connectivity index (χ2v) is 5.38. The van der Waals surface area contributed by atoms with E-state index in [1.165, 1.54) is 43.4 Å². The number of nitrogens with one attached hydrogen (secondary N) is 2. The second-order valence-electron chi connectivity index (χ2n) is 5.38. The molecule has 2 N–H and O–H groups in total. The number of hydrogen-bond donors (Lipinski definition) is 2. The van der Waals surface area contributed by atoms with Gasteiger partial charge in [-0.15, -0.1) is 0 Å². The number of aryl methyl sites for hydroxylation is 1. The normalized spacial score (nSPS) is 24.1. The molecule has 1 unspecified atom stereocenters. The predicted molar refractivity (Wildman–Crippen MR) is 72.8 cm³/mol. The molecule has 4 nitrogen and oxygen atoms in total. The van der Waals surface area contributed by atoms with Crippen molar-refractivity contribution in [3.05, 3.63) is 17.6 Å². The molecule has 1 aliphatic heterocycles. The zero-order valence-corrected chi connectivity index (χ0v) is 10.9. The molecule has 18 heavy (non-hydrogen) atoms. The summed E-state index contributed by atoms with van der Waals surface area (Å²) in [7, 11) is 0. The van der Waals surface area contributed by atoms with Crippen molar-refractivity contribution in [1.29, 1.82) is 0 Å². The van der Waals surface area contributed by atoms with Gasteiger partial charge in [-0.05, 0) is 58.0 Å². The summed E-state index contributed by atoms with van der Waals surface area (Å²) in [6.07, 6.45) is 10.2. The average Bonchev–Trinajstić information content (AvgIpc) is 2.68. The SMILES string of the molecule is c1nc2c(c(NC3CCCNCC3)n1)CCCC2. The Hall–Kier alpha value is -1.16. The molecule has 1 saturated heterocycles. The quantitative estimate of drug-likeness (QED) is 0.837. The van der Waals surface area contributed by atoms with Crippen molar-refractivity contribution in [2.24, 2.45) is 0 Å². The molecule has 4 heteroatoms. The van der Waals surface area contributed by atoms with Crippen LogP contribution < -0.4 is 10.6 Å². The van der Waals surface area contributed by atoms with E-state index in [2.05, 4.69) is 20.6 Å². The van der Waals surface area contributed by atoms with Gasteiger partial charge in [-0.25, -0.2) is 9.97 Å². The summed E-state index contributed by atoms with van der Waals surface area (Å²) in [5, 5.41) is 7.11. The lowest BCUT2D eigenvalue weighted by molar-refractivity contribution is 0.624. The molecule has 3 rings (SSSR count). The van der Waals surface area contributed by atoms with E-state index in [9.17, 15) is 0 Å². The minimum atomic E-state index is 0.570.